The van der Waals surface area contributed by atoms with Crippen LogP contribution in [0.4, 0.5) is 0 Å². The van der Waals surface area contributed by atoms with Gasteiger partial charge in [-0.25, -0.2) is 4.98 Å². The molecular formula is C33H27N5O. The molecule has 3 aromatic heterocycles. The van der Waals surface area contributed by atoms with Crippen molar-refractivity contribution in [3.05, 3.63) is 125 Å². The average Bonchev–Trinajstić information content (AvgIpc) is 3.34. The molecule has 39 heavy (non-hydrogen) atoms. The zero-order valence-corrected chi connectivity index (χ0v) is 21.8. The van der Waals surface area contributed by atoms with Gasteiger partial charge in [0.05, 0.1) is 5.52 Å². The fraction of sp³-hybridized carbons (Fsp3) is 0.0909. The van der Waals surface area contributed by atoms with Crippen LogP contribution < -0.4 is 5.56 Å². The van der Waals surface area contributed by atoms with Crippen LogP contribution in [0.15, 0.2) is 114 Å². The van der Waals surface area contributed by atoms with Crippen molar-refractivity contribution >= 4 is 27.4 Å². The number of para-hydroxylation sites is 1. The van der Waals surface area contributed by atoms with Crippen molar-refractivity contribution in [3.63, 3.8) is 0 Å². The van der Waals surface area contributed by atoms with E-state index in [1.165, 1.54) is 0 Å². The summed E-state index contributed by atoms with van der Waals surface area (Å²) in [5, 5.41) is 1.83. The molecule has 6 aromatic rings. The maximum Gasteiger partial charge on any atom is 0.272 e. The standard InChI is InChI=1S/C33H27N5O/c1-3-13-22(14-4-2)26-21-34-32(39)29-28(26)25-19-11-12-20-27(25)38(29)33-36-30(23-15-7-5-8-16-23)35-31(37-33)24-17-9-6-10-18-24/h3,5-21H,4H2,1-2H3,(H,34,39)/b13-3-,22-14+. The molecule has 0 unspecified atom stereocenters. The summed E-state index contributed by atoms with van der Waals surface area (Å²) in [7, 11) is 0. The first-order valence-electron chi connectivity index (χ1n) is 13.0. The van der Waals surface area contributed by atoms with Crippen LogP contribution >= 0.6 is 0 Å². The van der Waals surface area contributed by atoms with Gasteiger partial charge >= 0.3 is 0 Å². The number of aromatic nitrogens is 5. The molecule has 6 nitrogen and oxygen atoms in total. The van der Waals surface area contributed by atoms with Gasteiger partial charge in [0, 0.05) is 33.7 Å². The number of rotatable bonds is 6. The van der Waals surface area contributed by atoms with Gasteiger partial charge in [-0.05, 0) is 25.0 Å². The zero-order valence-electron chi connectivity index (χ0n) is 21.8. The lowest BCUT2D eigenvalue weighted by Crippen LogP contribution is -2.13. The van der Waals surface area contributed by atoms with Gasteiger partial charge in [-0.1, -0.05) is 104 Å². The molecule has 0 aliphatic rings. The van der Waals surface area contributed by atoms with Crippen LogP contribution in [0.25, 0.3) is 56.1 Å². The molecule has 6 rings (SSSR count). The molecule has 0 saturated heterocycles. The van der Waals surface area contributed by atoms with Gasteiger partial charge in [-0.15, -0.1) is 0 Å². The third kappa shape index (κ3) is 4.36. The van der Waals surface area contributed by atoms with Crippen molar-refractivity contribution in [2.24, 2.45) is 0 Å². The van der Waals surface area contributed by atoms with Crippen molar-refractivity contribution in [1.82, 2.24) is 24.5 Å². The Labute approximate surface area is 226 Å². The summed E-state index contributed by atoms with van der Waals surface area (Å²) >= 11 is 0. The van der Waals surface area contributed by atoms with Crippen molar-refractivity contribution in [2.45, 2.75) is 20.3 Å². The summed E-state index contributed by atoms with van der Waals surface area (Å²) in [6.45, 7) is 4.10. The number of aromatic amines is 1. The number of hydrogen-bond donors (Lipinski definition) is 1. The monoisotopic (exact) mass is 509 g/mol. The molecule has 0 radical (unpaired) electrons. The largest absolute Gasteiger partial charge is 0.327 e. The highest BCUT2D eigenvalue weighted by atomic mass is 16.1. The molecule has 0 aliphatic carbocycles. The third-order valence-corrected chi connectivity index (χ3v) is 6.68. The van der Waals surface area contributed by atoms with Crippen molar-refractivity contribution in [2.75, 3.05) is 0 Å². The first-order valence-corrected chi connectivity index (χ1v) is 13.0. The Morgan fingerprint density at radius 1 is 0.846 bits per heavy atom. The summed E-state index contributed by atoms with van der Waals surface area (Å²) < 4.78 is 1.87. The van der Waals surface area contributed by atoms with Crippen LogP contribution in [0, 0.1) is 0 Å². The van der Waals surface area contributed by atoms with Crippen LogP contribution in [0.3, 0.4) is 0 Å². The Hall–Kier alpha value is -5.10. The first-order chi connectivity index (χ1) is 19.2. The molecule has 0 spiro atoms. The Balaban J connectivity index is 1.74. The average molecular weight is 510 g/mol. The number of H-pyrrole nitrogens is 1. The summed E-state index contributed by atoms with van der Waals surface area (Å²) in [4.78, 5) is 31.2. The van der Waals surface area contributed by atoms with E-state index in [-0.39, 0.29) is 5.56 Å². The highest BCUT2D eigenvalue weighted by Gasteiger charge is 2.22. The van der Waals surface area contributed by atoms with E-state index in [1.807, 2.05) is 102 Å². The number of fused-ring (bicyclic) bond motifs is 3. The predicted molar refractivity (Wildman–Crippen MR) is 159 cm³/mol. The number of nitrogens with zero attached hydrogens (tertiary/aromatic N) is 4. The molecule has 0 saturated carbocycles. The minimum Gasteiger partial charge on any atom is -0.327 e. The fourth-order valence-corrected chi connectivity index (χ4v) is 5.01. The second-order valence-electron chi connectivity index (χ2n) is 9.19. The molecule has 0 aliphatic heterocycles. The Morgan fingerprint density at radius 2 is 1.46 bits per heavy atom. The maximum absolute atomic E-state index is 13.6. The lowest BCUT2D eigenvalue weighted by atomic mass is 10.0. The molecule has 1 N–H and O–H groups in total. The van der Waals surface area contributed by atoms with Gasteiger partial charge in [0.25, 0.3) is 5.56 Å². The number of hydrogen-bond acceptors (Lipinski definition) is 4. The van der Waals surface area contributed by atoms with Crippen molar-refractivity contribution < 1.29 is 0 Å². The van der Waals surface area contributed by atoms with Gasteiger partial charge in [0.15, 0.2) is 11.6 Å². The normalized spacial score (nSPS) is 12.1. The zero-order chi connectivity index (χ0) is 26.8. The first kappa shape index (κ1) is 24.2. The number of allylic oxidation sites excluding steroid dienone is 4. The third-order valence-electron chi connectivity index (χ3n) is 6.68. The summed E-state index contributed by atoms with van der Waals surface area (Å²) in [5.74, 6) is 1.47. The molecule has 3 heterocycles. The quantitative estimate of drug-likeness (QED) is 0.238. The highest BCUT2D eigenvalue weighted by Crippen LogP contribution is 2.35. The van der Waals surface area contributed by atoms with E-state index < -0.39 is 0 Å². The molecule has 3 aromatic carbocycles. The Morgan fingerprint density at radius 3 is 2.08 bits per heavy atom. The summed E-state index contributed by atoms with van der Waals surface area (Å²) in [6, 6.07) is 27.7. The van der Waals surface area contributed by atoms with Crippen LogP contribution in [0.1, 0.15) is 25.8 Å². The molecule has 190 valence electrons. The molecule has 0 fully saturated rings. The van der Waals surface area contributed by atoms with Crippen molar-refractivity contribution in [3.8, 4) is 28.7 Å². The minimum absolute atomic E-state index is 0.204. The molecule has 0 bridgehead atoms. The van der Waals surface area contributed by atoms with Gasteiger partial charge in [0.1, 0.15) is 5.52 Å². The summed E-state index contributed by atoms with van der Waals surface area (Å²) in [6.07, 6.45) is 8.94. The van der Waals surface area contributed by atoms with Gasteiger partial charge in [0.2, 0.25) is 5.95 Å². The Bertz CT molecular complexity index is 1860. The number of nitrogens with one attached hydrogen (secondary N) is 1. The highest BCUT2D eigenvalue weighted by molar-refractivity contribution is 6.13. The molecular weight excluding hydrogens is 482 g/mol. The van der Waals surface area contributed by atoms with E-state index in [0.29, 0.717) is 23.1 Å². The van der Waals surface area contributed by atoms with E-state index in [1.54, 1.807) is 6.20 Å². The second kappa shape index (κ2) is 10.3. The number of pyridine rings is 1. The second-order valence-corrected chi connectivity index (χ2v) is 9.19. The van der Waals surface area contributed by atoms with Gasteiger partial charge < -0.3 is 4.98 Å². The molecule has 0 atom stereocenters. The topological polar surface area (TPSA) is 76.5 Å². The van der Waals surface area contributed by atoms with E-state index >= 15 is 0 Å². The van der Waals surface area contributed by atoms with Gasteiger partial charge in [-0.2, -0.15) is 9.97 Å². The predicted octanol–water partition coefficient (Wildman–Crippen LogP) is 7.36. The maximum atomic E-state index is 13.6. The van der Waals surface area contributed by atoms with Crippen LogP contribution in [-0.2, 0) is 0 Å². The fourth-order valence-electron chi connectivity index (χ4n) is 5.01. The van der Waals surface area contributed by atoms with E-state index in [9.17, 15) is 4.79 Å². The van der Waals surface area contributed by atoms with E-state index in [0.717, 1.165) is 45.0 Å². The summed E-state index contributed by atoms with van der Waals surface area (Å²) in [5.41, 5.74) is 4.90. The van der Waals surface area contributed by atoms with Crippen LogP contribution in [0.2, 0.25) is 0 Å². The van der Waals surface area contributed by atoms with Gasteiger partial charge in [-0.3, -0.25) is 9.36 Å². The SMILES string of the molecule is C/C=C\C(=C/CC)c1c[nH]c(=O)c2c1c1ccccc1n2-c1nc(-c2ccccc2)nc(-c2ccccc2)n1. The lowest BCUT2D eigenvalue weighted by Gasteiger charge is -2.11. The minimum atomic E-state index is -0.204. The van der Waals surface area contributed by atoms with Crippen molar-refractivity contribution in [1.29, 1.82) is 0 Å². The number of benzene rings is 3. The van der Waals surface area contributed by atoms with Crippen LogP contribution in [0.5, 0.6) is 0 Å². The van der Waals surface area contributed by atoms with Crippen LogP contribution in [-0.4, -0.2) is 24.5 Å². The molecule has 0 amide bonds. The smallest absolute Gasteiger partial charge is 0.272 e. The van der Waals surface area contributed by atoms with E-state index in [4.69, 9.17) is 15.0 Å². The lowest BCUT2D eigenvalue weighted by molar-refractivity contribution is 0.948. The Kier molecular flexibility index (Phi) is 6.43. The molecule has 6 heteroatoms. The van der Waals surface area contributed by atoms with E-state index in [2.05, 4.69) is 24.1 Å².